The van der Waals surface area contributed by atoms with Crippen LogP contribution in [0.1, 0.15) is 0 Å². The zero-order valence-electron chi connectivity index (χ0n) is 5.50. The minimum atomic E-state index is -1.31. The van der Waals surface area contributed by atoms with Gasteiger partial charge in [-0.05, 0) is 0 Å². The molecule has 3 heterocycles. The van der Waals surface area contributed by atoms with Crippen molar-refractivity contribution in [1.29, 1.82) is 0 Å². The Morgan fingerprint density at radius 3 is 1.78 bits per heavy atom. The number of hydrogen-bond donors (Lipinski definition) is 0. The average molecular weight is 129 g/mol. The van der Waals surface area contributed by atoms with Crippen LogP contribution in [0.3, 0.4) is 0 Å². The van der Waals surface area contributed by atoms with Crippen molar-refractivity contribution in [1.82, 2.24) is 0 Å². The van der Waals surface area contributed by atoms with E-state index in [9.17, 15) is 0 Å². The zero-order valence-corrected chi connectivity index (χ0v) is 5.50. The summed E-state index contributed by atoms with van der Waals surface area (Å²) in [6.45, 7) is 3.01. The maximum absolute atomic E-state index is 5.28. The van der Waals surface area contributed by atoms with Crippen molar-refractivity contribution < 1.29 is 14.0 Å². The molecule has 9 heavy (non-hydrogen) atoms. The Balaban J connectivity index is 2.11. The summed E-state index contributed by atoms with van der Waals surface area (Å²) in [5.41, 5.74) is 0. The molecule has 4 heteroatoms. The lowest BCUT2D eigenvalue weighted by molar-refractivity contribution is -0.0744. The molecule has 0 atom stereocenters. The standard InChI is InChI=1S/C5H10BO3/c1-6-7-2-5(3-8-6)4-9-6/h5H,2-4H2,1H3/q-1. The molecular formula is C5H10BO3-. The van der Waals surface area contributed by atoms with Crippen LogP contribution in [0.25, 0.3) is 0 Å². The minimum Gasteiger partial charge on any atom is -0.544 e. The lowest BCUT2D eigenvalue weighted by atomic mass is 9.78. The maximum Gasteiger partial charge on any atom is 0.376 e. The Morgan fingerprint density at radius 2 is 1.56 bits per heavy atom. The van der Waals surface area contributed by atoms with Gasteiger partial charge >= 0.3 is 6.75 Å². The molecule has 3 nitrogen and oxygen atoms in total. The average Bonchev–Trinajstić information content (AvgIpc) is 1.90. The van der Waals surface area contributed by atoms with Crippen molar-refractivity contribution in [3.63, 3.8) is 0 Å². The summed E-state index contributed by atoms with van der Waals surface area (Å²) in [7, 11) is 0. The highest BCUT2D eigenvalue weighted by Gasteiger charge is 2.35. The Kier molecular flexibility index (Phi) is 1.09. The molecule has 3 fully saturated rings. The van der Waals surface area contributed by atoms with Gasteiger partial charge in [-0.25, -0.2) is 0 Å². The summed E-state index contributed by atoms with van der Waals surface area (Å²) in [4.78, 5) is 0. The van der Waals surface area contributed by atoms with Gasteiger partial charge in [-0.2, -0.15) is 0 Å². The molecule has 0 saturated carbocycles. The molecule has 0 radical (unpaired) electrons. The lowest BCUT2D eigenvalue weighted by Crippen LogP contribution is -2.56. The van der Waals surface area contributed by atoms with Gasteiger partial charge in [0.15, 0.2) is 0 Å². The summed E-state index contributed by atoms with van der Waals surface area (Å²) >= 11 is 0. The van der Waals surface area contributed by atoms with E-state index in [1.165, 1.54) is 0 Å². The van der Waals surface area contributed by atoms with Crippen molar-refractivity contribution in [2.24, 2.45) is 5.92 Å². The van der Waals surface area contributed by atoms with Crippen LogP contribution in [0.4, 0.5) is 0 Å². The molecule has 3 aliphatic heterocycles. The van der Waals surface area contributed by atoms with Crippen LogP contribution in [-0.2, 0) is 14.0 Å². The quantitative estimate of drug-likeness (QED) is 0.438. The van der Waals surface area contributed by atoms with Gasteiger partial charge in [-0.3, -0.25) is 0 Å². The van der Waals surface area contributed by atoms with Crippen molar-refractivity contribution in [2.45, 2.75) is 6.82 Å². The molecule has 3 aliphatic rings. The maximum atomic E-state index is 5.28. The predicted octanol–water partition coefficient (Wildman–Crippen LogP) is 0.248. The van der Waals surface area contributed by atoms with E-state index in [0.717, 1.165) is 19.8 Å². The SMILES string of the molecule is C[B-]12OCC(CO1)CO2. The fourth-order valence-electron chi connectivity index (χ4n) is 1.22. The molecule has 3 rings (SSSR count). The largest absolute Gasteiger partial charge is 0.544 e. The van der Waals surface area contributed by atoms with E-state index in [-0.39, 0.29) is 0 Å². The first-order chi connectivity index (χ1) is 4.29. The molecule has 52 valence electrons. The third kappa shape index (κ3) is 0.872. The summed E-state index contributed by atoms with van der Waals surface area (Å²) in [5, 5.41) is 0. The van der Waals surface area contributed by atoms with E-state index in [1.54, 1.807) is 0 Å². The third-order valence-corrected chi connectivity index (χ3v) is 1.90. The van der Waals surface area contributed by atoms with Crippen molar-refractivity contribution in [3.8, 4) is 0 Å². The lowest BCUT2D eigenvalue weighted by Gasteiger charge is -2.51. The van der Waals surface area contributed by atoms with E-state index in [1.807, 2.05) is 6.82 Å². The van der Waals surface area contributed by atoms with Crippen molar-refractivity contribution in [2.75, 3.05) is 19.8 Å². The van der Waals surface area contributed by atoms with Gasteiger partial charge < -0.3 is 14.0 Å². The molecule has 0 amide bonds. The zero-order chi connectivity index (χ0) is 6.32. The normalized spacial score (nSPS) is 49.7. The van der Waals surface area contributed by atoms with Crippen molar-refractivity contribution >= 4 is 6.75 Å². The van der Waals surface area contributed by atoms with Gasteiger partial charge in [0.1, 0.15) is 0 Å². The highest BCUT2D eigenvalue weighted by atomic mass is 16.8. The molecule has 0 aliphatic carbocycles. The highest BCUT2D eigenvalue weighted by molar-refractivity contribution is 6.59. The number of fused-ring (bicyclic) bond motifs is 3. The summed E-state index contributed by atoms with van der Waals surface area (Å²) in [5.74, 6) is 0.480. The van der Waals surface area contributed by atoms with E-state index in [0.29, 0.717) is 5.92 Å². The topological polar surface area (TPSA) is 27.7 Å². The van der Waals surface area contributed by atoms with E-state index in [2.05, 4.69) is 0 Å². The molecule has 0 aromatic rings. The van der Waals surface area contributed by atoms with Crippen LogP contribution in [0.2, 0.25) is 6.82 Å². The molecule has 0 spiro atoms. The Labute approximate surface area is 54.3 Å². The van der Waals surface area contributed by atoms with E-state index in [4.69, 9.17) is 14.0 Å². The molecule has 0 aromatic carbocycles. The van der Waals surface area contributed by atoms with Crippen LogP contribution in [0.5, 0.6) is 0 Å². The fraction of sp³-hybridized carbons (Fsp3) is 1.00. The Hall–Kier alpha value is -0.0551. The fourth-order valence-corrected chi connectivity index (χ4v) is 1.22. The molecule has 0 aromatic heterocycles. The molecular weight excluding hydrogens is 119 g/mol. The molecule has 2 bridgehead atoms. The van der Waals surface area contributed by atoms with E-state index < -0.39 is 6.75 Å². The van der Waals surface area contributed by atoms with Gasteiger partial charge in [-0.15, -0.1) is 6.82 Å². The molecule has 0 unspecified atom stereocenters. The molecule has 0 N–H and O–H groups in total. The first kappa shape index (κ1) is 5.71. The second-order valence-corrected chi connectivity index (χ2v) is 2.86. The van der Waals surface area contributed by atoms with Crippen LogP contribution < -0.4 is 0 Å². The Bertz CT molecular complexity index is 106. The third-order valence-electron chi connectivity index (χ3n) is 1.90. The monoisotopic (exact) mass is 129 g/mol. The Morgan fingerprint density at radius 1 is 1.11 bits per heavy atom. The second kappa shape index (κ2) is 1.72. The smallest absolute Gasteiger partial charge is 0.376 e. The van der Waals surface area contributed by atoms with Gasteiger partial charge in [0, 0.05) is 25.7 Å². The van der Waals surface area contributed by atoms with Gasteiger partial charge in [0.25, 0.3) is 0 Å². The molecule has 3 saturated heterocycles. The second-order valence-electron chi connectivity index (χ2n) is 2.86. The van der Waals surface area contributed by atoms with Gasteiger partial charge in [0.05, 0.1) is 0 Å². The first-order valence-electron chi connectivity index (χ1n) is 3.38. The predicted molar refractivity (Wildman–Crippen MR) is 33.0 cm³/mol. The number of hydrogen-bond acceptors (Lipinski definition) is 3. The summed E-state index contributed by atoms with van der Waals surface area (Å²) < 4.78 is 15.8. The van der Waals surface area contributed by atoms with Gasteiger partial charge in [-0.1, -0.05) is 0 Å². The first-order valence-corrected chi connectivity index (χ1v) is 3.38. The van der Waals surface area contributed by atoms with Crippen LogP contribution in [0, 0.1) is 5.92 Å². The minimum absolute atomic E-state index is 0.480. The summed E-state index contributed by atoms with van der Waals surface area (Å²) in [6.07, 6.45) is 0. The highest BCUT2D eigenvalue weighted by Crippen LogP contribution is 2.25. The van der Waals surface area contributed by atoms with Gasteiger partial charge in [0.2, 0.25) is 0 Å². The number of rotatable bonds is 0. The van der Waals surface area contributed by atoms with Crippen LogP contribution >= 0.6 is 0 Å². The van der Waals surface area contributed by atoms with Crippen molar-refractivity contribution in [3.05, 3.63) is 0 Å². The van der Waals surface area contributed by atoms with Crippen LogP contribution in [0.15, 0.2) is 0 Å². The van der Waals surface area contributed by atoms with Crippen LogP contribution in [-0.4, -0.2) is 26.6 Å². The van der Waals surface area contributed by atoms with E-state index >= 15 is 0 Å². The summed E-state index contributed by atoms with van der Waals surface area (Å²) in [6, 6.07) is 0.